The van der Waals surface area contributed by atoms with Crippen LogP contribution in [-0.2, 0) is 5.41 Å². The molecule has 0 fully saturated rings. The second-order valence-electron chi connectivity index (χ2n) is 30.2. The van der Waals surface area contributed by atoms with Gasteiger partial charge in [-0.05, 0) is 229 Å². The highest BCUT2D eigenvalue weighted by Gasteiger charge is 2.47. The average molecular weight is 1030 g/mol. The summed E-state index contributed by atoms with van der Waals surface area (Å²) in [6, 6.07) is 19.2. The standard InChI is InChI=1S/C78H94/c1-47-41-56(78(12,13)14)36-38-57(47)73-46-70-62-22-18-16-20-60(62)65(49-23-30-53(31-24-49)75(3,4)5)44-71(70)64-40-39-58(48(2)74(64)73)52-29-37-63-67(51-27-34-55(35-28-51)77(9,10)11)43-69-61-21-17-15-19-59(61)66(45-72(69)68(63)42-52)50-25-32-54(33-26-50)76(6,7)8/h15-19,21-23,25-28,30-32,34-36,38,41,43,45,47,49,52,54,57,60,65,69,72-73H,20,24,29,33,37,39-40,42,44,46H2,1-14H3. The molecule has 0 saturated heterocycles. The molecule has 0 aliphatic heterocycles. The normalized spacial score (nSPS) is 31.0. The first kappa shape index (κ1) is 53.4. The number of rotatable bonds is 5. The van der Waals surface area contributed by atoms with Crippen LogP contribution in [0.4, 0.5) is 0 Å². The van der Waals surface area contributed by atoms with Gasteiger partial charge in [0.2, 0.25) is 0 Å². The summed E-state index contributed by atoms with van der Waals surface area (Å²) in [7, 11) is 0. The van der Waals surface area contributed by atoms with Crippen molar-refractivity contribution in [2.24, 2.45) is 69.5 Å². The number of hydrogen-bond donors (Lipinski definition) is 0. The van der Waals surface area contributed by atoms with E-state index >= 15 is 0 Å². The zero-order chi connectivity index (χ0) is 54.8. The molecule has 78 heavy (non-hydrogen) atoms. The van der Waals surface area contributed by atoms with Gasteiger partial charge in [-0.2, -0.15) is 0 Å². The monoisotopic (exact) mass is 1030 g/mol. The topological polar surface area (TPSA) is 0 Å². The lowest BCUT2D eigenvalue weighted by Crippen LogP contribution is -2.36. The van der Waals surface area contributed by atoms with Crippen molar-refractivity contribution in [2.45, 2.75) is 172 Å². The van der Waals surface area contributed by atoms with Crippen LogP contribution in [0.2, 0.25) is 0 Å². The Morgan fingerprint density at radius 3 is 1.99 bits per heavy atom. The second kappa shape index (κ2) is 19.8. The molecule has 0 N–H and O–H groups in total. The van der Waals surface area contributed by atoms with Crippen LogP contribution >= 0.6 is 0 Å². The van der Waals surface area contributed by atoms with E-state index in [1.807, 2.05) is 0 Å². The summed E-state index contributed by atoms with van der Waals surface area (Å²) in [5.74, 6) is 5.02. The van der Waals surface area contributed by atoms with Crippen molar-refractivity contribution in [3.05, 3.63) is 223 Å². The van der Waals surface area contributed by atoms with Gasteiger partial charge in [0.05, 0.1) is 0 Å². The third-order valence-corrected chi connectivity index (χ3v) is 21.4. The van der Waals surface area contributed by atoms with Crippen LogP contribution in [0.3, 0.4) is 0 Å². The molecule has 2 aromatic rings. The fourth-order valence-electron chi connectivity index (χ4n) is 16.8. The first-order chi connectivity index (χ1) is 37.0. The molecule has 0 saturated carbocycles. The Morgan fingerprint density at radius 1 is 0.564 bits per heavy atom. The highest BCUT2D eigenvalue weighted by atomic mass is 14.5. The van der Waals surface area contributed by atoms with Gasteiger partial charge >= 0.3 is 0 Å². The van der Waals surface area contributed by atoms with E-state index in [0.29, 0.717) is 59.2 Å². The van der Waals surface area contributed by atoms with E-state index < -0.39 is 0 Å². The van der Waals surface area contributed by atoms with Crippen LogP contribution in [0.5, 0.6) is 0 Å². The van der Waals surface area contributed by atoms with Gasteiger partial charge in [0, 0.05) is 11.8 Å². The molecule has 10 aliphatic carbocycles. The molecule has 406 valence electrons. The van der Waals surface area contributed by atoms with Gasteiger partial charge in [0.25, 0.3) is 0 Å². The SMILES string of the molecule is CC1=C(C2CCC3=C(C2)C2C=C(C4=CCC(C(C)(C)C)C=C4)c4ccccc4C2C=C3c2ccc(C(C)(C)C)cc2)CCC2=C1C(C1C=CC(C(C)(C)C)=CC1C)CC1=C2CC(C2C=CC(C(C)(C)C)=CC2)C2CC=CC=C12. The van der Waals surface area contributed by atoms with Crippen LogP contribution in [-0.4, -0.2) is 0 Å². The van der Waals surface area contributed by atoms with Crippen LogP contribution in [0.25, 0.3) is 11.1 Å². The van der Waals surface area contributed by atoms with Gasteiger partial charge in [-0.15, -0.1) is 0 Å². The molecule has 0 nitrogen and oxygen atoms in total. The number of benzene rings is 2. The van der Waals surface area contributed by atoms with Gasteiger partial charge in [-0.3, -0.25) is 0 Å². The molecule has 0 bridgehead atoms. The van der Waals surface area contributed by atoms with E-state index in [2.05, 4.69) is 231 Å². The summed E-state index contributed by atoms with van der Waals surface area (Å²) in [5.41, 5.74) is 29.4. The summed E-state index contributed by atoms with van der Waals surface area (Å²) in [5, 5.41) is 0. The third kappa shape index (κ3) is 9.58. The molecule has 10 atom stereocenters. The summed E-state index contributed by atoms with van der Waals surface area (Å²) in [6.07, 6.45) is 48.0. The fourth-order valence-corrected chi connectivity index (χ4v) is 16.8. The molecule has 0 heterocycles. The van der Waals surface area contributed by atoms with Crippen LogP contribution in [0.1, 0.15) is 189 Å². The van der Waals surface area contributed by atoms with E-state index in [-0.39, 0.29) is 21.7 Å². The molecular formula is C78H94. The Kier molecular flexibility index (Phi) is 13.6. The molecule has 0 spiro atoms. The van der Waals surface area contributed by atoms with Crippen molar-refractivity contribution >= 4 is 11.1 Å². The number of allylic oxidation sites excluding steroid dienone is 28. The lowest BCUT2D eigenvalue weighted by Gasteiger charge is -2.49. The van der Waals surface area contributed by atoms with Crippen molar-refractivity contribution in [2.75, 3.05) is 0 Å². The lowest BCUT2D eigenvalue weighted by molar-refractivity contribution is 0.269. The summed E-state index contributed by atoms with van der Waals surface area (Å²) < 4.78 is 0. The van der Waals surface area contributed by atoms with E-state index in [9.17, 15) is 0 Å². The minimum absolute atomic E-state index is 0.117. The first-order valence-corrected chi connectivity index (χ1v) is 31.1. The maximum atomic E-state index is 2.77. The molecule has 0 heteroatoms. The zero-order valence-corrected chi connectivity index (χ0v) is 50.5. The van der Waals surface area contributed by atoms with Crippen LogP contribution < -0.4 is 0 Å². The Bertz CT molecular complexity index is 3240. The van der Waals surface area contributed by atoms with Crippen molar-refractivity contribution in [1.29, 1.82) is 0 Å². The van der Waals surface area contributed by atoms with Gasteiger partial charge in [-0.1, -0.05) is 235 Å². The molecule has 10 aliphatic rings. The van der Waals surface area contributed by atoms with Crippen molar-refractivity contribution < 1.29 is 0 Å². The maximum absolute atomic E-state index is 2.77. The quantitative estimate of drug-likeness (QED) is 0.280. The van der Waals surface area contributed by atoms with E-state index in [4.69, 9.17) is 0 Å². The van der Waals surface area contributed by atoms with Crippen molar-refractivity contribution in [1.82, 2.24) is 0 Å². The second-order valence-corrected chi connectivity index (χ2v) is 30.2. The van der Waals surface area contributed by atoms with E-state index in [0.717, 1.165) is 19.3 Å². The smallest absolute Gasteiger partial charge is 0.0134 e. The number of hydrogen-bond acceptors (Lipinski definition) is 0. The Morgan fingerprint density at radius 2 is 1.31 bits per heavy atom. The Balaban J connectivity index is 0.963. The zero-order valence-electron chi connectivity index (χ0n) is 50.5. The third-order valence-electron chi connectivity index (χ3n) is 21.4. The predicted octanol–water partition coefficient (Wildman–Crippen LogP) is 21.4. The summed E-state index contributed by atoms with van der Waals surface area (Å²) >= 11 is 0. The molecule has 0 radical (unpaired) electrons. The van der Waals surface area contributed by atoms with Crippen molar-refractivity contribution in [3.63, 3.8) is 0 Å². The Hall–Kier alpha value is -5.20. The molecule has 10 unspecified atom stereocenters. The maximum Gasteiger partial charge on any atom is 0.0134 e. The van der Waals surface area contributed by atoms with Crippen molar-refractivity contribution in [3.8, 4) is 0 Å². The summed E-state index contributed by atoms with van der Waals surface area (Å²) in [4.78, 5) is 0. The van der Waals surface area contributed by atoms with E-state index in [1.165, 1.54) is 95.1 Å². The Labute approximate surface area is 473 Å². The lowest BCUT2D eigenvalue weighted by atomic mass is 9.55. The minimum atomic E-state index is 0.117. The predicted molar refractivity (Wildman–Crippen MR) is 335 cm³/mol. The molecule has 2 aromatic carbocycles. The van der Waals surface area contributed by atoms with Crippen LogP contribution in [0, 0.1) is 69.5 Å². The van der Waals surface area contributed by atoms with E-state index in [1.54, 1.807) is 50.2 Å². The van der Waals surface area contributed by atoms with Gasteiger partial charge in [0.15, 0.2) is 0 Å². The fraction of sp³-hybridized carbons (Fsp3) is 0.487. The molecular weight excluding hydrogens is 937 g/mol. The average Bonchev–Trinajstić information content (AvgIpc) is 3.60. The number of fused-ring (bicyclic) bond motifs is 7. The minimum Gasteiger partial charge on any atom is -0.0839 e. The molecule has 0 aromatic heterocycles. The molecule has 12 rings (SSSR count). The van der Waals surface area contributed by atoms with Gasteiger partial charge in [0.1, 0.15) is 0 Å². The van der Waals surface area contributed by atoms with Gasteiger partial charge < -0.3 is 0 Å². The summed E-state index contributed by atoms with van der Waals surface area (Å²) in [6.45, 7) is 33.7. The van der Waals surface area contributed by atoms with Gasteiger partial charge in [-0.25, -0.2) is 0 Å². The highest BCUT2D eigenvalue weighted by Crippen LogP contribution is 2.61. The largest absolute Gasteiger partial charge is 0.0839 e. The first-order valence-electron chi connectivity index (χ1n) is 31.1. The highest BCUT2D eigenvalue weighted by molar-refractivity contribution is 5.89. The molecule has 0 amide bonds. The van der Waals surface area contributed by atoms with Crippen LogP contribution in [0.15, 0.2) is 200 Å².